The maximum absolute atomic E-state index is 12.3. The number of hydrogen-bond donors (Lipinski definition) is 1. The average Bonchev–Trinajstić information content (AvgIpc) is 3.19. The van der Waals surface area contributed by atoms with E-state index in [0.29, 0.717) is 26.0 Å². The van der Waals surface area contributed by atoms with E-state index in [2.05, 4.69) is 9.97 Å². The fourth-order valence-corrected chi connectivity index (χ4v) is 4.09. The molecule has 3 rings (SSSR count). The number of aryl methyl sites for hydroxylation is 1. The molecule has 2 aromatic rings. The van der Waals surface area contributed by atoms with Gasteiger partial charge in [0.2, 0.25) is 0 Å². The minimum Gasteiger partial charge on any atom is -0.481 e. The molecule has 1 N–H and O–H groups in total. The normalized spacial score (nSPS) is 14.3. The monoisotopic (exact) mass is 323 g/mol. The van der Waals surface area contributed by atoms with Gasteiger partial charge in [-0.05, 0) is 31.5 Å². The second-order valence-electron chi connectivity index (χ2n) is 4.84. The number of aliphatic carboxylic acids is 1. The number of hydrogen-bond acceptors (Lipinski definition) is 6. The predicted octanol–water partition coefficient (Wildman–Crippen LogP) is 2.12. The molecule has 2 aromatic heterocycles. The van der Waals surface area contributed by atoms with Crippen LogP contribution in [0.2, 0.25) is 0 Å². The Morgan fingerprint density at radius 2 is 2.33 bits per heavy atom. The molecule has 1 saturated carbocycles. The highest BCUT2D eigenvalue weighted by Gasteiger charge is 2.25. The third kappa shape index (κ3) is 3.16. The predicted molar refractivity (Wildman–Crippen MR) is 79.1 cm³/mol. The Labute approximate surface area is 128 Å². The van der Waals surface area contributed by atoms with Crippen molar-refractivity contribution in [3.8, 4) is 0 Å². The standard InChI is InChI=1S/C13H13N3O3S2/c1-7-9(6-10(17)18)20-13(15-7)21-11-12(19)16(5-4-14-11)8-2-3-8/h4-5,8H,2-3,6H2,1H3,(H,17,18). The lowest BCUT2D eigenvalue weighted by Crippen LogP contribution is -2.20. The van der Waals surface area contributed by atoms with Gasteiger partial charge in [-0.2, -0.15) is 0 Å². The van der Waals surface area contributed by atoms with E-state index in [-0.39, 0.29) is 12.0 Å². The maximum atomic E-state index is 12.3. The van der Waals surface area contributed by atoms with Crippen molar-refractivity contribution in [2.24, 2.45) is 0 Å². The molecule has 8 heteroatoms. The van der Waals surface area contributed by atoms with Gasteiger partial charge in [0, 0.05) is 23.3 Å². The zero-order valence-electron chi connectivity index (χ0n) is 11.3. The summed E-state index contributed by atoms with van der Waals surface area (Å²) in [5.41, 5.74) is 0.598. The number of rotatable bonds is 5. The Balaban J connectivity index is 1.85. The number of carboxylic acids is 1. The van der Waals surface area contributed by atoms with Crippen LogP contribution in [0.3, 0.4) is 0 Å². The lowest BCUT2D eigenvalue weighted by Gasteiger charge is -2.03. The largest absolute Gasteiger partial charge is 0.481 e. The molecular weight excluding hydrogens is 310 g/mol. The molecular formula is C13H13N3O3S2. The third-order valence-electron chi connectivity index (χ3n) is 3.15. The van der Waals surface area contributed by atoms with Gasteiger partial charge in [-0.25, -0.2) is 9.97 Å². The minimum absolute atomic E-state index is 0.0431. The quantitative estimate of drug-likeness (QED) is 0.907. The van der Waals surface area contributed by atoms with Crippen LogP contribution in [-0.4, -0.2) is 25.6 Å². The van der Waals surface area contributed by atoms with Crippen LogP contribution in [0.25, 0.3) is 0 Å². The van der Waals surface area contributed by atoms with E-state index in [0.717, 1.165) is 12.8 Å². The first kappa shape index (κ1) is 14.3. The molecule has 0 saturated heterocycles. The highest BCUT2D eigenvalue weighted by Crippen LogP contribution is 2.34. The Morgan fingerprint density at radius 3 is 3.00 bits per heavy atom. The first-order valence-corrected chi connectivity index (χ1v) is 8.11. The molecule has 110 valence electrons. The number of carbonyl (C=O) groups is 1. The summed E-state index contributed by atoms with van der Waals surface area (Å²) in [5, 5.41) is 9.23. The Bertz CT molecular complexity index is 749. The Kier molecular flexibility index (Phi) is 3.81. The van der Waals surface area contributed by atoms with Gasteiger partial charge in [0.25, 0.3) is 5.56 Å². The van der Waals surface area contributed by atoms with Crippen LogP contribution < -0.4 is 5.56 Å². The van der Waals surface area contributed by atoms with E-state index in [1.54, 1.807) is 23.9 Å². The molecule has 0 spiro atoms. The van der Waals surface area contributed by atoms with Gasteiger partial charge in [0.1, 0.15) is 0 Å². The fourth-order valence-electron chi connectivity index (χ4n) is 1.95. The van der Waals surface area contributed by atoms with Crippen molar-refractivity contribution in [1.29, 1.82) is 0 Å². The van der Waals surface area contributed by atoms with Crippen molar-refractivity contribution in [3.63, 3.8) is 0 Å². The van der Waals surface area contributed by atoms with Crippen LogP contribution in [0, 0.1) is 6.92 Å². The van der Waals surface area contributed by atoms with Crippen molar-refractivity contribution < 1.29 is 9.90 Å². The smallest absolute Gasteiger partial charge is 0.308 e. The van der Waals surface area contributed by atoms with E-state index < -0.39 is 5.97 Å². The molecule has 6 nitrogen and oxygen atoms in total. The van der Waals surface area contributed by atoms with E-state index in [1.165, 1.54) is 23.1 Å². The number of aromatic nitrogens is 3. The van der Waals surface area contributed by atoms with E-state index in [1.807, 2.05) is 0 Å². The summed E-state index contributed by atoms with van der Waals surface area (Å²) in [6.07, 6.45) is 5.37. The van der Waals surface area contributed by atoms with Crippen molar-refractivity contribution in [3.05, 3.63) is 33.3 Å². The summed E-state index contributed by atoms with van der Waals surface area (Å²) in [6.45, 7) is 1.78. The SMILES string of the molecule is Cc1nc(Sc2nccn(C3CC3)c2=O)sc1CC(=O)O. The van der Waals surface area contributed by atoms with E-state index in [4.69, 9.17) is 5.11 Å². The maximum Gasteiger partial charge on any atom is 0.308 e. The van der Waals surface area contributed by atoms with Crippen LogP contribution >= 0.6 is 23.1 Å². The van der Waals surface area contributed by atoms with Gasteiger partial charge in [0.15, 0.2) is 9.37 Å². The summed E-state index contributed by atoms with van der Waals surface area (Å²) in [4.78, 5) is 32.2. The summed E-state index contributed by atoms with van der Waals surface area (Å²) >= 11 is 2.51. The second kappa shape index (κ2) is 5.61. The second-order valence-corrected chi connectivity index (χ2v) is 7.16. The zero-order valence-corrected chi connectivity index (χ0v) is 12.9. The molecule has 0 aromatic carbocycles. The van der Waals surface area contributed by atoms with Gasteiger partial charge in [-0.1, -0.05) is 0 Å². The molecule has 1 aliphatic carbocycles. The van der Waals surface area contributed by atoms with Gasteiger partial charge < -0.3 is 9.67 Å². The van der Waals surface area contributed by atoms with Crippen LogP contribution in [0.5, 0.6) is 0 Å². The van der Waals surface area contributed by atoms with Crippen LogP contribution in [-0.2, 0) is 11.2 Å². The lowest BCUT2D eigenvalue weighted by molar-refractivity contribution is -0.136. The summed E-state index contributed by atoms with van der Waals surface area (Å²) in [7, 11) is 0. The summed E-state index contributed by atoms with van der Waals surface area (Å²) in [5.74, 6) is -0.882. The summed E-state index contributed by atoms with van der Waals surface area (Å²) in [6, 6.07) is 0.306. The highest BCUT2D eigenvalue weighted by atomic mass is 32.2. The number of nitrogens with zero attached hydrogens (tertiary/aromatic N) is 3. The molecule has 1 aliphatic rings. The van der Waals surface area contributed by atoms with Crippen LogP contribution in [0.4, 0.5) is 0 Å². The third-order valence-corrected chi connectivity index (χ3v) is 5.34. The van der Waals surface area contributed by atoms with E-state index >= 15 is 0 Å². The fraction of sp³-hybridized carbons (Fsp3) is 0.385. The minimum atomic E-state index is -0.882. The van der Waals surface area contributed by atoms with Crippen LogP contribution in [0.1, 0.15) is 29.5 Å². The van der Waals surface area contributed by atoms with Crippen molar-refractivity contribution in [2.45, 2.75) is 41.6 Å². The highest BCUT2D eigenvalue weighted by molar-refractivity contribution is 8.01. The molecule has 0 unspecified atom stereocenters. The molecule has 0 aliphatic heterocycles. The first-order valence-electron chi connectivity index (χ1n) is 6.47. The molecule has 1 fully saturated rings. The average molecular weight is 323 g/mol. The Morgan fingerprint density at radius 1 is 1.57 bits per heavy atom. The lowest BCUT2D eigenvalue weighted by atomic mass is 10.3. The molecule has 21 heavy (non-hydrogen) atoms. The summed E-state index contributed by atoms with van der Waals surface area (Å²) < 4.78 is 2.37. The Hall–Kier alpha value is -1.67. The van der Waals surface area contributed by atoms with Crippen LogP contribution in [0.15, 0.2) is 26.6 Å². The van der Waals surface area contributed by atoms with Crippen molar-refractivity contribution in [2.75, 3.05) is 0 Å². The number of thiazole rings is 1. The van der Waals surface area contributed by atoms with Gasteiger partial charge in [-0.3, -0.25) is 9.59 Å². The molecule has 0 amide bonds. The van der Waals surface area contributed by atoms with Gasteiger partial charge in [0.05, 0.1) is 12.1 Å². The van der Waals surface area contributed by atoms with Crippen molar-refractivity contribution >= 4 is 29.1 Å². The van der Waals surface area contributed by atoms with Gasteiger partial charge >= 0.3 is 5.97 Å². The molecule has 0 atom stereocenters. The molecule has 2 heterocycles. The molecule has 0 bridgehead atoms. The topological polar surface area (TPSA) is 85.1 Å². The number of carboxylic acid groups (broad SMARTS) is 1. The molecule has 0 radical (unpaired) electrons. The zero-order chi connectivity index (χ0) is 15.0. The van der Waals surface area contributed by atoms with Crippen molar-refractivity contribution in [1.82, 2.24) is 14.5 Å². The van der Waals surface area contributed by atoms with E-state index in [9.17, 15) is 9.59 Å². The first-order chi connectivity index (χ1) is 10.0. The van der Waals surface area contributed by atoms with Gasteiger partial charge in [-0.15, -0.1) is 11.3 Å².